The van der Waals surface area contributed by atoms with Gasteiger partial charge in [0.2, 0.25) is 0 Å². The fourth-order valence-electron chi connectivity index (χ4n) is 8.81. The molecule has 0 saturated carbocycles. The Morgan fingerprint density at radius 2 is 0.621 bits per heavy atom. The first-order chi connectivity index (χ1) is 28.8. The Morgan fingerprint density at radius 3 is 1.14 bits per heavy atom. The smallest absolute Gasteiger partial charge is 0.165 e. The molecule has 0 fully saturated rings. The van der Waals surface area contributed by atoms with Crippen molar-refractivity contribution >= 4 is 84.6 Å². The minimum Gasteiger partial charge on any atom is -0.208 e. The number of nitrogens with zero attached hydrogens (tertiary/aromatic N) is 3. The molecule has 12 aromatic rings. The quantitative estimate of drug-likeness (QED) is 0.164. The summed E-state index contributed by atoms with van der Waals surface area (Å²) in [5.41, 5.74) is 7.67. The SMILES string of the molecule is c1ccc(-c2c3ccccc3c(-c3ccccc3-c3nc(-c4cccc5c4sc4ccccc45)nc(-c4cccc5c4sc4ccccc45)n3)c3ccccc23)cc1. The predicted molar refractivity (Wildman–Crippen MR) is 248 cm³/mol. The zero-order valence-electron chi connectivity index (χ0n) is 31.1. The first-order valence-corrected chi connectivity index (χ1v) is 21.1. The average Bonchev–Trinajstić information content (AvgIpc) is 3.87. The van der Waals surface area contributed by atoms with Crippen LogP contribution < -0.4 is 0 Å². The second-order valence-corrected chi connectivity index (χ2v) is 16.7. The van der Waals surface area contributed by atoms with Crippen LogP contribution in [0.2, 0.25) is 0 Å². The largest absolute Gasteiger partial charge is 0.208 e. The van der Waals surface area contributed by atoms with E-state index in [1.165, 1.54) is 78.6 Å². The van der Waals surface area contributed by atoms with E-state index in [1.54, 1.807) is 22.7 Å². The van der Waals surface area contributed by atoms with Crippen LogP contribution in [-0.2, 0) is 0 Å². The Hall–Kier alpha value is -7.05. The van der Waals surface area contributed by atoms with Crippen LogP contribution in [0.5, 0.6) is 0 Å². The number of thiophene rings is 2. The molecule has 0 aliphatic rings. The molecule has 3 heterocycles. The van der Waals surface area contributed by atoms with Gasteiger partial charge in [-0.15, -0.1) is 22.7 Å². The maximum atomic E-state index is 5.44. The van der Waals surface area contributed by atoms with Crippen LogP contribution in [0.1, 0.15) is 0 Å². The van der Waals surface area contributed by atoms with Gasteiger partial charge in [0.1, 0.15) is 0 Å². The number of hydrogen-bond acceptors (Lipinski definition) is 5. The Morgan fingerprint density at radius 1 is 0.259 bits per heavy atom. The molecule has 3 nitrogen and oxygen atoms in total. The number of rotatable bonds is 5. The van der Waals surface area contributed by atoms with Crippen LogP contribution in [0.3, 0.4) is 0 Å². The van der Waals surface area contributed by atoms with Crippen LogP contribution >= 0.6 is 22.7 Å². The third-order valence-electron chi connectivity index (χ3n) is 11.4. The summed E-state index contributed by atoms with van der Waals surface area (Å²) in [6.07, 6.45) is 0. The van der Waals surface area contributed by atoms with Gasteiger partial charge in [0.15, 0.2) is 17.5 Å². The molecule has 0 unspecified atom stereocenters. The molecule has 0 aliphatic carbocycles. The molecule has 0 amide bonds. The molecule has 0 radical (unpaired) electrons. The summed E-state index contributed by atoms with van der Waals surface area (Å²) < 4.78 is 4.84. The van der Waals surface area contributed by atoms with Crippen molar-refractivity contribution in [3.8, 4) is 56.4 Å². The number of benzene rings is 9. The van der Waals surface area contributed by atoms with Gasteiger partial charge in [0, 0.05) is 57.0 Å². The van der Waals surface area contributed by atoms with E-state index in [2.05, 4.69) is 188 Å². The van der Waals surface area contributed by atoms with Gasteiger partial charge in [-0.25, -0.2) is 15.0 Å². The van der Waals surface area contributed by atoms with Crippen molar-refractivity contribution in [1.82, 2.24) is 15.0 Å². The Bertz CT molecular complexity index is 3390. The Balaban J connectivity index is 1.16. The predicted octanol–water partition coefficient (Wildman–Crippen LogP) is 15.2. The second-order valence-electron chi connectivity index (χ2n) is 14.6. The van der Waals surface area contributed by atoms with Gasteiger partial charge >= 0.3 is 0 Å². The summed E-state index contributed by atoms with van der Waals surface area (Å²) >= 11 is 3.59. The van der Waals surface area contributed by atoms with Crippen LogP contribution in [0.15, 0.2) is 188 Å². The van der Waals surface area contributed by atoms with Gasteiger partial charge in [-0.3, -0.25) is 0 Å². The molecule has 270 valence electrons. The third kappa shape index (κ3) is 5.14. The summed E-state index contributed by atoms with van der Waals surface area (Å²) in [6.45, 7) is 0. The summed E-state index contributed by atoms with van der Waals surface area (Å²) in [5.74, 6) is 1.98. The maximum absolute atomic E-state index is 5.44. The van der Waals surface area contributed by atoms with Crippen LogP contribution in [0.25, 0.3) is 118 Å². The maximum Gasteiger partial charge on any atom is 0.165 e. The van der Waals surface area contributed by atoms with Gasteiger partial charge in [-0.1, -0.05) is 164 Å². The van der Waals surface area contributed by atoms with Gasteiger partial charge < -0.3 is 0 Å². The van der Waals surface area contributed by atoms with Gasteiger partial charge in [0.05, 0.1) is 0 Å². The molecule has 0 N–H and O–H groups in total. The highest BCUT2D eigenvalue weighted by atomic mass is 32.1. The summed E-state index contributed by atoms with van der Waals surface area (Å²) in [6, 6.07) is 67.3. The van der Waals surface area contributed by atoms with E-state index in [0.29, 0.717) is 17.5 Å². The lowest BCUT2D eigenvalue weighted by atomic mass is 9.84. The molecule has 3 aromatic heterocycles. The van der Waals surface area contributed by atoms with Crippen molar-refractivity contribution in [3.63, 3.8) is 0 Å². The zero-order valence-corrected chi connectivity index (χ0v) is 32.7. The van der Waals surface area contributed by atoms with Crippen molar-refractivity contribution < 1.29 is 0 Å². The fraction of sp³-hybridized carbons (Fsp3) is 0. The lowest BCUT2D eigenvalue weighted by Crippen LogP contribution is -2.01. The lowest BCUT2D eigenvalue weighted by Gasteiger charge is -2.19. The van der Waals surface area contributed by atoms with E-state index in [-0.39, 0.29) is 0 Å². The van der Waals surface area contributed by atoms with Gasteiger partial charge in [0.25, 0.3) is 0 Å². The minimum atomic E-state index is 0.645. The van der Waals surface area contributed by atoms with Crippen molar-refractivity contribution in [2.45, 2.75) is 0 Å². The third-order valence-corrected chi connectivity index (χ3v) is 13.8. The van der Waals surface area contributed by atoms with E-state index in [0.717, 1.165) is 22.3 Å². The molecule has 0 saturated heterocycles. The molecule has 9 aromatic carbocycles. The van der Waals surface area contributed by atoms with E-state index in [1.807, 2.05) is 0 Å². The molecule has 0 spiro atoms. The fourth-order valence-corrected chi connectivity index (χ4v) is 11.2. The molecule has 0 atom stereocenters. The standard InChI is InChI=1S/C53H31N3S2/c1-2-16-32(17-3-1)47-35-20-4-6-22-37(35)48(38-23-7-5-21-36(38)47)39-24-8-9-25-42(39)51-54-52(43-28-14-26-40-33-18-10-12-30-45(33)57-49(40)43)56-53(55-51)44-29-15-27-41-34-19-11-13-31-46(34)58-50(41)44/h1-31H. The Kier molecular flexibility index (Phi) is 7.58. The highest BCUT2D eigenvalue weighted by Gasteiger charge is 2.23. The van der Waals surface area contributed by atoms with Crippen LogP contribution in [0, 0.1) is 0 Å². The average molecular weight is 774 g/mol. The normalized spacial score (nSPS) is 11.8. The second kappa shape index (κ2) is 13.3. The number of aromatic nitrogens is 3. The van der Waals surface area contributed by atoms with E-state index >= 15 is 0 Å². The minimum absolute atomic E-state index is 0.645. The molecule has 0 bridgehead atoms. The van der Waals surface area contributed by atoms with Gasteiger partial charge in [-0.05, 0) is 68.1 Å². The molecule has 58 heavy (non-hydrogen) atoms. The first-order valence-electron chi connectivity index (χ1n) is 19.4. The highest BCUT2D eigenvalue weighted by Crippen LogP contribution is 2.47. The van der Waals surface area contributed by atoms with Crippen molar-refractivity contribution in [1.29, 1.82) is 0 Å². The van der Waals surface area contributed by atoms with Crippen molar-refractivity contribution in [3.05, 3.63) is 188 Å². The van der Waals surface area contributed by atoms with E-state index in [4.69, 9.17) is 15.0 Å². The van der Waals surface area contributed by atoms with E-state index in [9.17, 15) is 0 Å². The number of hydrogen-bond donors (Lipinski definition) is 0. The van der Waals surface area contributed by atoms with Gasteiger partial charge in [-0.2, -0.15) is 0 Å². The monoisotopic (exact) mass is 773 g/mol. The molecule has 5 heteroatoms. The molecular weight excluding hydrogens is 743 g/mol. The van der Waals surface area contributed by atoms with Crippen molar-refractivity contribution in [2.75, 3.05) is 0 Å². The Labute approximate surface area is 342 Å². The first kappa shape index (κ1) is 33.1. The molecule has 12 rings (SSSR count). The molecule has 0 aliphatic heterocycles. The van der Waals surface area contributed by atoms with Crippen LogP contribution in [0.4, 0.5) is 0 Å². The summed E-state index contributed by atoms with van der Waals surface area (Å²) in [5, 5.41) is 9.72. The van der Waals surface area contributed by atoms with Crippen molar-refractivity contribution in [2.24, 2.45) is 0 Å². The topological polar surface area (TPSA) is 38.7 Å². The summed E-state index contributed by atoms with van der Waals surface area (Å²) in [4.78, 5) is 16.3. The lowest BCUT2D eigenvalue weighted by molar-refractivity contribution is 1.08. The van der Waals surface area contributed by atoms with E-state index < -0.39 is 0 Å². The summed E-state index contributed by atoms with van der Waals surface area (Å²) in [7, 11) is 0. The van der Waals surface area contributed by atoms with Crippen LogP contribution in [-0.4, -0.2) is 15.0 Å². The number of fused-ring (bicyclic) bond motifs is 8. The molecular formula is C53H31N3S2. The highest BCUT2D eigenvalue weighted by molar-refractivity contribution is 7.26. The zero-order chi connectivity index (χ0) is 38.2.